The highest BCUT2D eigenvalue weighted by molar-refractivity contribution is 6.01. The zero-order valence-corrected chi connectivity index (χ0v) is 12.1. The lowest BCUT2D eigenvalue weighted by Gasteiger charge is -2.19. The number of ether oxygens (including phenoxy) is 1. The van der Waals surface area contributed by atoms with Gasteiger partial charge in [-0.05, 0) is 35.5 Å². The van der Waals surface area contributed by atoms with E-state index in [2.05, 4.69) is 15.4 Å². The normalized spacial score (nSPS) is 11.0. The van der Waals surface area contributed by atoms with Crippen molar-refractivity contribution < 1.29 is 4.74 Å². The summed E-state index contributed by atoms with van der Waals surface area (Å²) >= 11 is 0. The van der Waals surface area contributed by atoms with E-state index in [0.29, 0.717) is 33.5 Å². The monoisotopic (exact) mass is 295 g/mol. The fourth-order valence-electron chi connectivity index (χ4n) is 2.43. The molecule has 0 bridgehead atoms. The zero-order chi connectivity index (χ0) is 15.7. The van der Waals surface area contributed by atoms with Crippen LogP contribution in [0.4, 0.5) is 5.69 Å². The maximum absolute atomic E-state index is 11.8. The second kappa shape index (κ2) is 5.40. The van der Waals surface area contributed by atoms with E-state index in [1.165, 1.54) is 0 Å². The van der Waals surface area contributed by atoms with Gasteiger partial charge >= 0.3 is 0 Å². The number of nitrogens with zero attached hydrogens (tertiary/aromatic N) is 2. The van der Waals surface area contributed by atoms with Crippen molar-refractivity contribution in [2.24, 2.45) is 5.18 Å². The highest BCUT2D eigenvalue weighted by Crippen LogP contribution is 2.45. The first-order chi connectivity index (χ1) is 10.8. The number of H-pyrrole nitrogens is 1. The van der Waals surface area contributed by atoms with E-state index in [1.807, 2.05) is 13.8 Å². The molecule has 110 valence electrons. The van der Waals surface area contributed by atoms with Gasteiger partial charge in [0.1, 0.15) is 22.9 Å². The van der Waals surface area contributed by atoms with Crippen LogP contribution in [0.1, 0.15) is 13.8 Å². The van der Waals surface area contributed by atoms with E-state index in [4.69, 9.17) is 4.74 Å². The molecule has 1 aromatic heterocycles. The van der Waals surface area contributed by atoms with E-state index in [0.717, 1.165) is 0 Å². The lowest BCUT2D eigenvalue weighted by Crippen LogP contribution is -2.11. The number of aromatic nitrogens is 2. The lowest BCUT2D eigenvalue weighted by atomic mass is 10.0. The Morgan fingerprint density at radius 1 is 1.14 bits per heavy atom. The molecule has 6 nitrogen and oxygen atoms in total. The van der Waals surface area contributed by atoms with Crippen LogP contribution in [-0.2, 0) is 0 Å². The van der Waals surface area contributed by atoms with Crippen LogP contribution in [0, 0.1) is 4.91 Å². The maximum Gasteiger partial charge on any atom is 0.272 e. The molecule has 1 N–H and O–H groups in total. The van der Waals surface area contributed by atoms with Gasteiger partial charge in [0.2, 0.25) is 0 Å². The summed E-state index contributed by atoms with van der Waals surface area (Å²) in [4.78, 5) is 22.5. The van der Waals surface area contributed by atoms with E-state index < -0.39 is 0 Å². The Balaban J connectivity index is 0.000000693. The van der Waals surface area contributed by atoms with Gasteiger partial charge in [0, 0.05) is 5.56 Å². The molecule has 0 aliphatic carbocycles. The summed E-state index contributed by atoms with van der Waals surface area (Å²) in [5, 5.41) is 10.6. The molecule has 0 atom stereocenters. The molecule has 0 saturated heterocycles. The molecule has 4 rings (SSSR count). The smallest absolute Gasteiger partial charge is 0.272 e. The van der Waals surface area contributed by atoms with Gasteiger partial charge in [-0.1, -0.05) is 19.9 Å². The maximum atomic E-state index is 11.8. The largest absolute Gasteiger partial charge is 0.456 e. The fraction of sp³-hybridized carbons (Fsp3) is 0.125. The first kappa shape index (κ1) is 13.9. The van der Waals surface area contributed by atoms with Crippen LogP contribution in [-0.4, -0.2) is 10.2 Å². The molecule has 1 aliphatic rings. The van der Waals surface area contributed by atoms with Crippen molar-refractivity contribution in [2.75, 3.05) is 0 Å². The van der Waals surface area contributed by atoms with Gasteiger partial charge in [-0.25, -0.2) is 5.10 Å². The van der Waals surface area contributed by atoms with E-state index >= 15 is 0 Å². The fourth-order valence-corrected chi connectivity index (χ4v) is 2.43. The minimum atomic E-state index is -0.276. The molecule has 0 radical (unpaired) electrons. The Hall–Kier alpha value is -3.02. The van der Waals surface area contributed by atoms with Crippen molar-refractivity contribution in [1.82, 2.24) is 10.2 Å². The Morgan fingerprint density at radius 2 is 1.95 bits per heavy atom. The van der Waals surface area contributed by atoms with Crippen molar-refractivity contribution in [3.8, 4) is 22.8 Å². The zero-order valence-electron chi connectivity index (χ0n) is 12.1. The van der Waals surface area contributed by atoms with Gasteiger partial charge in [-0.2, -0.15) is 5.10 Å². The van der Waals surface area contributed by atoms with Crippen LogP contribution >= 0.6 is 0 Å². The molecule has 2 aromatic carbocycles. The Bertz CT molecular complexity index is 932. The SMILES string of the molecule is CC.O=Nc1ccc2c(c1)-c1n[nH]c(=O)c3cccc(c13)O2. The summed E-state index contributed by atoms with van der Waals surface area (Å²) in [5.74, 6) is 1.16. The van der Waals surface area contributed by atoms with Crippen molar-refractivity contribution in [3.63, 3.8) is 0 Å². The highest BCUT2D eigenvalue weighted by Gasteiger charge is 2.22. The Morgan fingerprint density at radius 3 is 2.73 bits per heavy atom. The minimum Gasteiger partial charge on any atom is -0.456 e. The summed E-state index contributed by atoms with van der Waals surface area (Å²) in [6.07, 6.45) is 0. The number of hydrogen-bond acceptors (Lipinski definition) is 5. The molecule has 0 unspecified atom stereocenters. The predicted octanol–water partition coefficient (Wildman–Crippen LogP) is 4.12. The first-order valence-electron chi connectivity index (χ1n) is 6.95. The van der Waals surface area contributed by atoms with Crippen LogP contribution in [0.5, 0.6) is 11.5 Å². The number of fused-ring (bicyclic) bond motifs is 2. The summed E-state index contributed by atoms with van der Waals surface area (Å²) in [6, 6.07) is 10.1. The lowest BCUT2D eigenvalue weighted by molar-refractivity contribution is 0.486. The minimum absolute atomic E-state index is 0.276. The number of nitroso groups, excluding NO2 is 1. The van der Waals surface area contributed by atoms with Gasteiger partial charge < -0.3 is 4.74 Å². The molecule has 22 heavy (non-hydrogen) atoms. The molecule has 0 amide bonds. The average molecular weight is 295 g/mol. The number of aromatic amines is 1. The molecule has 2 heterocycles. The quantitative estimate of drug-likeness (QED) is 0.535. The predicted molar refractivity (Wildman–Crippen MR) is 84.7 cm³/mol. The van der Waals surface area contributed by atoms with Gasteiger partial charge in [-0.3, -0.25) is 4.79 Å². The Kier molecular flexibility index (Phi) is 3.42. The summed E-state index contributed by atoms with van der Waals surface area (Å²) in [6.45, 7) is 4.00. The Labute approximate surface area is 125 Å². The van der Waals surface area contributed by atoms with Crippen LogP contribution in [0.3, 0.4) is 0 Å². The highest BCUT2D eigenvalue weighted by atomic mass is 16.5. The van der Waals surface area contributed by atoms with Crippen molar-refractivity contribution in [2.45, 2.75) is 13.8 Å². The van der Waals surface area contributed by atoms with Crippen LogP contribution in [0.25, 0.3) is 22.0 Å². The molecule has 1 aliphatic heterocycles. The van der Waals surface area contributed by atoms with Crippen molar-refractivity contribution >= 4 is 16.5 Å². The first-order valence-corrected chi connectivity index (χ1v) is 6.95. The van der Waals surface area contributed by atoms with Gasteiger partial charge in [0.05, 0.1) is 10.8 Å². The molecule has 0 fully saturated rings. The molecular weight excluding hydrogens is 282 g/mol. The second-order valence-corrected chi connectivity index (χ2v) is 4.45. The van der Waals surface area contributed by atoms with Crippen molar-refractivity contribution in [1.29, 1.82) is 0 Å². The van der Waals surface area contributed by atoms with Crippen LogP contribution in [0.15, 0.2) is 46.4 Å². The molecule has 0 saturated carbocycles. The summed E-state index contributed by atoms with van der Waals surface area (Å²) in [5.41, 5.74) is 1.24. The van der Waals surface area contributed by atoms with E-state index in [1.54, 1.807) is 36.4 Å². The second-order valence-electron chi connectivity index (χ2n) is 4.45. The summed E-state index contributed by atoms with van der Waals surface area (Å²) < 4.78 is 5.77. The number of benzene rings is 2. The van der Waals surface area contributed by atoms with Crippen molar-refractivity contribution in [3.05, 3.63) is 51.7 Å². The molecule has 3 aromatic rings. The average Bonchev–Trinajstić information content (AvgIpc) is 2.59. The van der Waals surface area contributed by atoms with E-state index in [9.17, 15) is 9.70 Å². The van der Waals surface area contributed by atoms with Crippen LogP contribution in [0.2, 0.25) is 0 Å². The summed E-state index contributed by atoms with van der Waals surface area (Å²) in [7, 11) is 0. The number of rotatable bonds is 1. The molecular formula is C16H13N3O3. The number of hydrogen-bond donors (Lipinski definition) is 1. The third kappa shape index (κ3) is 1.96. The number of nitrogens with one attached hydrogen (secondary N) is 1. The van der Waals surface area contributed by atoms with Gasteiger partial charge in [0.25, 0.3) is 5.56 Å². The third-order valence-electron chi connectivity index (χ3n) is 3.32. The van der Waals surface area contributed by atoms with E-state index in [-0.39, 0.29) is 11.2 Å². The molecule has 6 heteroatoms. The standard InChI is InChI=1S/C14H7N3O3.C2H6/c18-14-8-2-1-3-11-12(8)13(15-16-14)9-6-7(17-19)4-5-10(9)20-11;1-2/h1-6H,(H,16,18);1-2H3. The van der Waals surface area contributed by atoms with Crippen LogP contribution < -0.4 is 10.3 Å². The topological polar surface area (TPSA) is 84.4 Å². The third-order valence-corrected chi connectivity index (χ3v) is 3.32. The van der Waals surface area contributed by atoms with Gasteiger partial charge in [-0.15, -0.1) is 4.91 Å². The van der Waals surface area contributed by atoms with Gasteiger partial charge in [0.15, 0.2) is 0 Å². The molecule has 0 spiro atoms.